The summed E-state index contributed by atoms with van der Waals surface area (Å²) in [6, 6.07) is 0. The van der Waals surface area contributed by atoms with Gasteiger partial charge in [-0.05, 0) is 12.8 Å². The van der Waals surface area contributed by atoms with Gasteiger partial charge in [-0.25, -0.2) is 0 Å². The fourth-order valence-electron chi connectivity index (χ4n) is 1.77. The third-order valence-corrected chi connectivity index (χ3v) is 2.53. The van der Waals surface area contributed by atoms with E-state index in [9.17, 15) is 4.79 Å². The van der Waals surface area contributed by atoms with Gasteiger partial charge in [0.05, 0.1) is 12.7 Å². The minimum Gasteiger partial charge on any atom is -0.447 e. The van der Waals surface area contributed by atoms with E-state index < -0.39 is 6.10 Å². The molecule has 0 N–H and O–H groups in total. The highest BCUT2D eigenvalue weighted by Crippen LogP contribution is 2.20. The highest BCUT2D eigenvalue weighted by Gasteiger charge is 2.16. The molecule has 84 valence electrons. The molecule has 0 spiro atoms. The Bertz CT molecular complexity index is 236. The second-order valence-electron chi connectivity index (χ2n) is 3.86. The van der Waals surface area contributed by atoms with Gasteiger partial charge in [-0.2, -0.15) is 0 Å². The van der Waals surface area contributed by atoms with Crippen molar-refractivity contribution in [2.45, 2.75) is 51.2 Å². The van der Waals surface area contributed by atoms with E-state index in [1.165, 1.54) is 26.2 Å². The number of hydrogen-bond donors (Lipinski definition) is 0. The highest BCUT2D eigenvalue weighted by atomic mass is 16.6. The SMILES string of the molecule is C#C[C@H](COC1CCCCC1)OC(C)=O. The van der Waals surface area contributed by atoms with Gasteiger partial charge in [0.1, 0.15) is 0 Å². The average Bonchev–Trinajstić information content (AvgIpc) is 2.25. The van der Waals surface area contributed by atoms with Crippen LogP contribution in [-0.4, -0.2) is 24.8 Å². The molecule has 0 saturated heterocycles. The Balaban J connectivity index is 2.21. The van der Waals surface area contributed by atoms with Crippen LogP contribution < -0.4 is 0 Å². The molecule has 0 aliphatic heterocycles. The molecule has 1 aliphatic carbocycles. The maximum Gasteiger partial charge on any atom is 0.303 e. The zero-order valence-corrected chi connectivity index (χ0v) is 9.20. The summed E-state index contributed by atoms with van der Waals surface area (Å²) in [5.41, 5.74) is 0. The summed E-state index contributed by atoms with van der Waals surface area (Å²) < 4.78 is 10.5. The van der Waals surface area contributed by atoms with E-state index in [0.717, 1.165) is 12.8 Å². The molecule has 3 heteroatoms. The molecular weight excluding hydrogens is 192 g/mol. The fourth-order valence-corrected chi connectivity index (χ4v) is 1.77. The van der Waals surface area contributed by atoms with Crippen LogP contribution in [-0.2, 0) is 14.3 Å². The van der Waals surface area contributed by atoms with Gasteiger partial charge in [-0.1, -0.05) is 25.2 Å². The van der Waals surface area contributed by atoms with Crippen LogP contribution in [0, 0.1) is 12.3 Å². The van der Waals surface area contributed by atoms with Gasteiger partial charge in [0.15, 0.2) is 6.10 Å². The number of hydrogen-bond acceptors (Lipinski definition) is 3. The molecule has 1 fully saturated rings. The topological polar surface area (TPSA) is 35.5 Å². The molecule has 0 heterocycles. The average molecular weight is 210 g/mol. The lowest BCUT2D eigenvalue weighted by atomic mass is 9.98. The van der Waals surface area contributed by atoms with E-state index in [4.69, 9.17) is 15.9 Å². The molecule has 15 heavy (non-hydrogen) atoms. The molecule has 1 saturated carbocycles. The lowest BCUT2D eigenvalue weighted by molar-refractivity contribution is -0.147. The van der Waals surface area contributed by atoms with Gasteiger partial charge in [0, 0.05) is 6.92 Å². The number of ether oxygens (including phenoxy) is 2. The van der Waals surface area contributed by atoms with E-state index in [1.54, 1.807) is 0 Å². The first-order valence-corrected chi connectivity index (χ1v) is 5.47. The van der Waals surface area contributed by atoms with Crippen molar-refractivity contribution in [3.8, 4) is 12.3 Å². The van der Waals surface area contributed by atoms with Gasteiger partial charge in [0.25, 0.3) is 0 Å². The molecule has 3 nitrogen and oxygen atoms in total. The Morgan fingerprint density at radius 1 is 1.47 bits per heavy atom. The van der Waals surface area contributed by atoms with Gasteiger partial charge in [-0.3, -0.25) is 4.79 Å². The molecule has 1 rings (SSSR count). The molecule has 0 unspecified atom stereocenters. The third kappa shape index (κ3) is 4.85. The van der Waals surface area contributed by atoms with Gasteiger partial charge >= 0.3 is 5.97 Å². The van der Waals surface area contributed by atoms with Crippen molar-refractivity contribution in [3.63, 3.8) is 0 Å². The maximum absolute atomic E-state index is 10.7. The van der Waals surface area contributed by atoms with Crippen molar-refractivity contribution in [1.82, 2.24) is 0 Å². The van der Waals surface area contributed by atoms with Crippen LogP contribution in [0.25, 0.3) is 0 Å². The number of terminal acetylenes is 1. The number of carbonyl (C=O) groups excluding carboxylic acids is 1. The highest BCUT2D eigenvalue weighted by molar-refractivity contribution is 5.66. The first-order chi connectivity index (χ1) is 7.22. The first kappa shape index (κ1) is 12.1. The molecular formula is C12H18O3. The van der Waals surface area contributed by atoms with Crippen molar-refractivity contribution in [1.29, 1.82) is 0 Å². The normalized spacial score (nSPS) is 19.2. The Morgan fingerprint density at radius 3 is 2.67 bits per heavy atom. The predicted molar refractivity (Wildman–Crippen MR) is 57.2 cm³/mol. The lowest BCUT2D eigenvalue weighted by Gasteiger charge is -2.23. The summed E-state index contributed by atoms with van der Waals surface area (Å²) in [5.74, 6) is 2.05. The Morgan fingerprint density at radius 2 is 2.13 bits per heavy atom. The van der Waals surface area contributed by atoms with Crippen molar-refractivity contribution in [2.24, 2.45) is 0 Å². The largest absolute Gasteiger partial charge is 0.447 e. The lowest BCUT2D eigenvalue weighted by Crippen LogP contribution is -2.25. The van der Waals surface area contributed by atoms with Crippen LogP contribution >= 0.6 is 0 Å². The molecule has 0 aromatic heterocycles. The van der Waals surface area contributed by atoms with Crippen LogP contribution in [0.3, 0.4) is 0 Å². The Hall–Kier alpha value is -1.01. The van der Waals surface area contributed by atoms with Crippen LogP contribution in [0.2, 0.25) is 0 Å². The minimum absolute atomic E-state index is 0.296. The molecule has 1 atom stereocenters. The summed E-state index contributed by atoms with van der Waals surface area (Å²) in [7, 11) is 0. The number of rotatable bonds is 4. The molecule has 0 aromatic rings. The third-order valence-electron chi connectivity index (χ3n) is 2.53. The summed E-state index contributed by atoms with van der Waals surface area (Å²) in [5, 5.41) is 0. The minimum atomic E-state index is -0.538. The van der Waals surface area contributed by atoms with Gasteiger partial charge < -0.3 is 9.47 Å². The second kappa shape index (κ2) is 6.47. The van der Waals surface area contributed by atoms with Crippen LogP contribution in [0.15, 0.2) is 0 Å². The van der Waals surface area contributed by atoms with Crippen LogP contribution in [0.1, 0.15) is 39.0 Å². The number of esters is 1. The van der Waals surface area contributed by atoms with Crippen molar-refractivity contribution in [3.05, 3.63) is 0 Å². The molecule has 0 amide bonds. The zero-order chi connectivity index (χ0) is 11.1. The monoisotopic (exact) mass is 210 g/mol. The van der Waals surface area contributed by atoms with E-state index >= 15 is 0 Å². The first-order valence-electron chi connectivity index (χ1n) is 5.47. The smallest absolute Gasteiger partial charge is 0.303 e. The fraction of sp³-hybridized carbons (Fsp3) is 0.750. The summed E-state index contributed by atoms with van der Waals surface area (Å²) >= 11 is 0. The standard InChI is InChI=1S/C12H18O3/c1-3-11(15-10(2)13)9-14-12-7-5-4-6-8-12/h1,11-12H,4-9H2,2H3/t11-/m1/s1. The van der Waals surface area contributed by atoms with Crippen molar-refractivity contribution >= 4 is 5.97 Å². The number of carbonyl (C=O) groups is 1. The summed E-state index contributed by atoms with van der Waals surface area (Å²) in [4.78, 5) is 10.7. The maximum atomic E-state index is 10.7. The van der Waals surface area contributed by atoms with Gasteiger partial charge in [-0.15, -0.1) is 6.42 Å². The zero-order valence-electron chi connectivity index (χ0n) is 9.20. The Kier molecular flexibility index (Phi) is 5.20. The van der Waals surface area contributed by atoms with Crippen LogP contribution in [0.5, 0.6) is 0 Å². The second-order valence-corrected chi connectivity index (χ2v) is 3.86. The van der Waals surface area contributed by atoms with E-state index in [1.807, 2.05) is 0 Å². The van der Waals surface area contributed by atoms with Crippen LogP contribution in [0.4, 0.5) is 0 Å². The molecule has 0 aromatic carbocycles. The molecule has 1 aliphatic rings. The van der Waals surface area contributed by atoms with Gasteiger partial charge in [0.2, 0.25) is 0 Å². The van der Waals surface area contributed by atoms with E-state index in [0.29, 0.717) is 12.7 Å². The summed E-state index contributed by atoms with van der Waals surface area (Å²) in [6.07, 6.45) is 10.9. The molecule has 0 bridgehead atoms. The van der Waals surface area contributed by atoms with E-state index in [2.05, 4.69) is 5.92 Å². The van der Waals surface area contributed by atoms with Crippen molar-refractivity contribution < 1.29 is 14.3 Å². The predicted octanol–water partition coefficient (Wildman–Crippen LogP) is 1.90. The summed E-state index contributed by atoms with van der Waals surface area (Å²) in [6.45, 7) is 1.67. The van der Waals surface area contributed by atoms with E-state index in [-0.39, 0.29) is 5.97 Å². The Labute approximate surface area is 91.1 Å². The quantitative estimate of drug-likeness (QED) is 0.525. The molecule has 0 radical (unpaired) electrons. The van der Waals surface area contributed by atoms with Crippen molar-refractivity contribution in [2.75, 3.05) is 6.61 Å².